The Morgan fingerprint density at radius 2 is 2.04 bits per heavy atom. The number of likely N-dealkylation sites (N-methyl/N-ethyl adjacent to an activating group) is 1. The number of hydrogen-bond donors (Lipinski definition) is 2. The number of nitrogens with one attached hydrogen (secondary N) is 2. The highest BCUT2D eigenvalue weighted by Gasteiger charge is 2.21. The standard InChI is InChI=1S/C21H25N5S/c1-4-26-19-8-6-5-7-17(19)21(24-26)20(25(2)3)14-23-27-16-10-9-15-11-12-22-18(15)13-16/h5-13,20,22-23H,4,14H2,1-3H3. The second kappa shape index (κ2) is 7.76. The molecule has 4 aromatic rings. The van der Waals surface area contributed by atoms with Gasteiger partial charge in [-0.05, 0) is 62.6 Å². The maximum Gasteiger partial charge on any atom is 0.0888 e. The summed E-state index contributed by atoms with van der Waals surface area (Å²) in [4.78, 5) is 6.70. The quantitative estimate of drug-likeness (QED) is 0.466. The summed E-state index contributed by atoms with van der Waals surface area (Å²) in [6.07, 6.45) is 1.98. The number of H-pyrrole nitrogens is 1. The molecule has 1 atom stereocenters. The van der Waals surface area contributed by atoms with Gasteiger partial charge in [-0.1, -0.05) is 24.3 Å². The van der Waals surface area contributed by atoms with Gasteiger partial charge in [-0.3, -0.25) is 14.3 Å². The van der Waals surface area contributed by atoms with E-state index in [9.17, 15) is 0 Å². The molecule has 0 spiro atoms. The zero-order valence-electron chi connectivity index (χ0n) is 15.9. The molecule has 1 unspecified atom stereocenters. The molecule has 0 fully saturated rings. The van der Waals surface area contributed by atoms with Crippen LogP contribution in [0, 0.1) is 0 Å². The third-order valence-electron chi connectivity index (χ3n) is 4.92. The van der Waals surface area contributed by atoms with E-state index < -0.39 is 0 Å². The molecular weight excluding hydrogens is 354 g/mol. The number of benzene rings is 2. The van der Waals surface area contributed by atoms with E-state index >= 15 is 0 Å². The van der Waals surface area contributed by atoms with E-state index in [4.69, 9.17) is 5.10 Å². The fourth-order valence-corrected chi connectivity index (χ4v) is 4.18. The van der Waals surface area contributed by atoms with Crippen molar-refractivity contribution < 1.29 is 0 Å². The van der Waals surface area contributed by atoms with Crippen LogP contribution in [0.25, 0.3) is 21.8 Å². The number of rotatable bonds is 7. The lowest BCUT2D eigenvalue weighted by Gasteiger charge is -2.23. The Hall–Kier alpha value is -2.28. The Bertz CT molecular complexity index is 1050. The van der Waals surface area contributed by atoms with Gasteiger partial charge in [-0.15, -0.1) is 0 Å². The molecule has 2 heterocycles. The molecule has 27 heavy (non-hydrogen) atoms. The van der Waals surface area contributed by atoms with E-state index in [1.165, 1.54) is 26.7 Å². The summed E-state index contributed by atoms with van der Waals surface area (Å²) in [6.45, 7) is 3.82. The van der Waals surface area contributed by atoms with Gasteiger partial charge in [-0.2, -0.15) is 5.10 Å². The fraction of sp³-hybridized carbons (Fsp3) is 0.286. The molecule has 0 aliphatic rings. The van der Waals surface area contributed by atoms with E-state index in [1.54, 1.807) is 11.9 Å². The zero-order chi connectivity index (χ0) is 18.8. The minimum Gasteiger partial charge on any atom is -0.361 e. The molecule has 0 amide bonds. The second-order valence-electron chi connectivity index (χ2n) is 6.87. The van der Waals surface area contributed by atoms with Crippen molar-refractivity contribution in [3.05, 3.63) is 60.4 Å². The van der Waals surface area contributed by atoms with Gasteiger partial charge < -0.3 is 4.98 Å². The Kier molecular flexibility index (Phi) is 5.20. The molecule has 2 N–H and O–H groups in total. The Balaban J connectivity index is 1.53. The molecule has 4 rings (SSSR count). The van der Waals surface area contributed by atoms with Crippen LogP contribution in [0.15, 0.2) is 59.6 Å². The van der Waals surface area contributed by atoms with Crippen molar-refractivity contribution in [2.75, 3.05) is 20.6 Å². The van der Waals surface area contributed by atoms with E-state index in [0.717, 1.165) is 18.8 Å². The summed E-state index contributed by atoms with van der Waals surface area (Å²) in [6, 6.07) is 17.3. The number of hydrogen-bond acceptors (Lipinski definition) is 4. The molecule has 2 aromatic heterocycles. The van der Waals surface area contributed by atoms with Crippen LogP contribution in [-0.4, -0.2) is 40.3 Å². The molecule has 140 valence electrons. The summed E-state index contributed by atoms with van der Waals surface area (Å²) in [5.74, 6) is 0. The number of fused-ring (bicyclic) bond motifs is 2. The van der Waals surface area contributed by atoms with E-state index in [1.807, 2.05) is 6.20 Å². The first kappa shape index (κ1) is 18.1. The molecule has 0 saturated heterocycles. The predicted molar refractivity (Wildman–Crippen MR) is 114 cm³/mol. The average Bonchev–Trinajstić information content (AvgIpc) is 3.29. The van der Waals surface area contributed by atoms with Gasteiger partial charge in [0, 0.05) is 35.1 Å². The number of para-hydroxylation sites is 1. The third-order valence-corrected chi connectivity index (χ3v) is 5.72. The minimum absolute atomic E-state index is 0.199. The predicted octanol–water partition coefficient (Wildman–Crippen LogP) is 4.44. The summed E-state index contributed by atoms with van der Waals surface area (Å²) in [5.41, 5.74) is 3.50. The maximum atomic E-state index is 4.91. The Morgan fingerprint density at radius 3 is 2.85 bits per heavy atom. The van der Waals surface area contributed by atoms with E-state index in [2.05, 4.69) is 88.8 Å². The third kappa shape index (κ3) is 3.60. The van der Waals surface area contributed by atoms with Gasteiger partial charge in [0.1, 0.15) is 0 Å². The molecular formula is C21H25N5S. The largest absolute Gasteiger partial charge is 0.361 e. The monoisotopic (exact) mass is 379 g/mol. The molecule has 6 heteroatoms. The molecule has 0 bridgehead atoms. The van der Waals surface area contributed by atoms with Crippen molar-refractivity contribution in [3.8, 4) is 0 Å². The van der Waals surface area contributed by atoms with Crippen LogP contribution in [-0.2, 0) is 6.54 Å². The highest BCUT2D eigenvalue weighted by atomic mass is 32.2. The van der Waals surface area contributed by atoms with Crippen molar-refractivity contribution in [3.63, 3.8) is 0 Å². The van der Waals surface area contributed by atoms with Crippen molar-refractivity contribution in [1.82, 2.24) is 24.4 Å². The average molecular weight is 380 g/mol. The van der Waals surface area contributed by atoms with Gasteiger partial charge in [-0.25, -0.2) is 0 Å². The number of nitrogens with zero attached hydrogens (tertiary/aromatic N) is 3. The Morgan fingerprint density at radius 1 is 1.19 bits per heavy atom. The number of aromatic amines is 1. The Labute approximate surface area is 163 Å². The first-order valence-electron chi connectivity index (χ1n) is 9.26. The lowest BCUT2D eigenvalue weighted by atomic mass is 10.1. The van der Waals surface area contributed by atoms with Gasteiger partial charge in [0.2, 0.25) is 0 Å². The highest BCUT2D eigenvalue weighted by Crippen LogP contribution is 2.27. The van der Waals surface area contributed by atoms with Crippen molar-refractivity contribution in [2.24, 2.45) is 0 Å². The first-order valence-corrected chi connectivity index (χ1v) is 10.1. The van der Waals surface area contributed by atoms with Gasteiger partial charge in [0.05, 0.1) is 17.3 Å². The van der Waals surface area contributed by atoms with Crippen molar-refractivity contribution in [1.29, 1.82) is 0 Å². The van der Waals surface area contributed by atoms with E-state index in [0.29, 0.717) is 0 Å². The smallest absolute Gasteiger partial charge is 0.0888 e. The fourth-order valence-electron chi connectivity index (χ4n) is 3.46. The van der Waals surface area contributed by atoms with Crippen molar-refractivity contribution >= 4 is 33.8 Å². The van der Waals surface area contributed by atoms with Gasteiger partial charge in [0.25, 0.3) is 0 Å². The molecule has 5 nitrogen and oxygen atoms in total. The first-order chi connectivity index (χ1) is 13.2. The molecule has 0 radical (unpaired) electrons. The summed E-state index contributed by atoms with van der Waals surface area (Å²) in [7, 11) is 4.23. The summed E-state index contributed by atoms with van der Waals surface area (Å²) in [5, 5.41) is 7.38. The van der Waals surface area contributed by atoms with Crippen LogP contribution < -0.4 is 4.72 Å². The van der Waals surface area contributed by atoms with Crippen LogP contribution >= 0.6 is 11.9 Å². The highest BCUT2D eigenvalue weighted by molar-refractivity contribution is 7.97. The van der Waals surface area contributed by atoms with Crippen LogP contribution in [0.1, 0.15) is 18.7 Å². The van der Waals surface area contributed by atoms with Crippen LogP contribution in [0.5, 0.6) is 0 Å². The second-order valence-corrected chi connectivity index (χ2v) is 7.84. The SMILES string of the molecule is CCn1nc(C(CNSc2ccc3cc[nH]c3c2)N(C)C)c2ccccc21. The molecule has 0 aliphatic heterocycles. The number of aryl methyl sites for hydroxylation is 1. The zero-order valence-corrected chi connectivity index (χ0v) is 16.8. The molecule has 0 aliphatic carbocycles. The lowest BCUT2D eigenvalue weighted by Crippen LogP contribution is -2.29. The lowest BCUT2D eigenvalue weighted by molar-refractivity contribution is 0.295. The minimum atomic E-state index is 0.199. The van der Waals surface area contributed by atoms with Gasteiger partial charge >= 0.3 is 0 Å². The topological polar surface area (TPSA) is 48.9 Å². The molecule has 0 saturated carbocycles. The number of aromatic nitrogens is 3. The maximum absolute atomic E-state index is 4.91. The van der Waals surface area contributed by atoms with Crippen molar-refractivity contribution in [2.45, 2.75) is 24.4 Å². The summed E-state index contributed by atoms with van der Waals surface area (Å²) >= 11 is 1.67. The van der Waals surface area contributed by atoms with Crippen LogP contribution in [0.2, 0.25) is 0 Å². The normalized spacial score (nSPS) is 13.0. The summed E-state index contributed by atoms with van der Waals surface area (Å²) < 4.78 is 5.63. The van der Waals surface area contributed by atoms with Gasteiger partial charge in [0.15, 0.2) is 0 Å². The van der Waals surface area contributed by atoms with Crippen LogP contribution in [0.4, 0.5) is 0 Å². The van der Waals surface area contributed by atoms with Crippen LogP contribution in [0.3, 0.4) is 0 Å². The molecule has 2 aromatic carbocycles. The van der Waals surface area contributed by atoms with E-state index in [-0.39, 0.29) is 6.04 Å².